The Bertz CT molecular complexity index is 629. The number of carbonyl (C=O) groups excluding carboxylic acids is 1. The first kappa shape index (κ1) is 19.0. The van der Waals surface area contributed by atoms with E-state index in [0.717, 1.165) is 55.7 Å². The summed E-state index contributed by atoms with van der Waals surface area (Å²) in [4.78, 5) is 16.9. The molecule has 0 fully saturated rings. The van der Waals surface area contributed by atoms with E-state index in [1.807, 2.05) is 54.4 Å². The van der Waals surface area contributed by atoms with Gasteiger partial charge >= 0.3 is 0 Å². The lowest BCUT2D eigenvalue weighted by atomic mass is 10.1. The van der Waals surface area contributed by atoms with Gasteiger partial charge in [0.15, 0.2) is 0 Å². The van der Waals surface area contributed by atoms with E-state index in [2.05, 4.69) is 30.9 Å². The summed E-state index contributed by atoms with van der Waals surface area (Å²) in [5, 5.41) is 0. The van der Waals surface area contributed by atoms with Gasteiger partial charge in [-0.2, -0.15) is 0 Å². The van der Waals surface area contributed by atoms with Crippen LogP contribution in [0.4, 0.5) is 11.4 Å². The van der Waals surface area contributed by atoms with Crippen LogP contribution in [-0.2, 0) is 0 Å². The van der Waals surface area contributed by atoms with E-state index in [-0.39, 0.29) is 5.91 Å². The highest BCUT2D eigenvalue weighted by molar-refractivity contribution is 5.94. The molecule has 0 aliphatic carbocycles. The maximum absolute atomic E-state index is 12.8. The quantitative estimate of drug-likeness (QED) is 0.603. The van der Waals surface area contributed by atoms with Crippen LogP contribution >= 0.6 is 0 Å². The van der Waals surface area contributed by atoms with Crippen molar-refractivity contribution in [3.63, 3.8) is 0 Å². The minimum atomic E-state index is 0.149. The predicted octanol–water partition coefficient (Wildman–Crippen LogP) is 5.50. The third-order valence-corrected chi connectivity index (χ3v) is 4.50. The van der Waals surface area contributed by atoms with E-state index in [0.29, 0.717) is 0 Å². The zero-order valence-electron chi connectivity index (χ0n) is 15.7. The maximum Gasteiger partial charge on any atom is 0.253 e. The van der Waals surface area contributed by atoms with Crippen LogP contribution in [0.5, 0.6) is 0 Å². The molecule has 0 radical (unpaired) electrons. The molecular weight excluding hydrogens is 308 g/mol. The van der Waals surface area contributed by atoms with E-state index in [1.165, 1.54) is 0 Å². The number of hydrogen-bond acceptors (Lipinski definition) is 2. The number of unbranched alkanes of at least 4 members (excludes halogenated alkanes) is 2. The fourth-order valence-corrected chi connectivity index (χ4v) is 2.82. The molecule has 0 bridgehead atoms. The first-order valence-corrected chi connectivity index (χ1v) is 9.35. The SMILES string of the molecule is CCCCN(CCCC)C(=O)c1ccc(N(C)c2ccccc2)cc1. The minimum absolute atomic E-state index is 0.149. The summed E-state index contributed by atoms with van der Waals surface area (Å²) < 4.78 is 0. The van der Waals surface area contributed by atoms with Crippen molar-refractivity contribution >= 4 is 17.3 Å². The molecule has 0 N–H and O–H groups in total. The topological polar surface area (TPSA) is 23.6 Å². The molecule has 0 heterocycles. The van der Waals surface area contributed by atoms with Gasteiger partial charge in [0.25, 0.3) is 5.91 Å². The van der Waals surface area contributed by atoms with Gasteiger partial charge < -0.3 is 9.80 Å². The molecule has 0 aliphatic heterocycles. The van der Waals surface area contributed by atoms with Crippen LogP contribution in [0.15, 0.2) is 54.6 Å². The number of amides is 1. The van der Waals surface area contributed by atoms with Crippen molar-refractivity contribution in [1.29, 1.82) is 0 Å². The number of nitrogens with zero attached hydrogens (tertiary/aromatic N) is 2. The second-order valence-corrected chi connectivity index (χ2v) is 6.44. The van der Waals surface area contributed by atoms with Crippen LogP contribution in [0.25, 0.3) is 0 Å². The summed E-state index contributed by atoms with van der Waals surface area (Å²) in [5.74, 6) is 0.149. The Hall–Kier alpha value is -2.29. The van der Waals surface area contributed by atoms with Crippen molar-refractivity contribution in [3.8, 4) is 0 Å². The Morgan fingerprint density at radius 2 is 1.32 bits per heavy atom. The summed E-state index contributed by atoms with van der Waals surface area (Å²) in [6.45, 7) is 6.02. The highest BCUT2D eigenvalue weighted by Gasteiger charge is 2.15. The Labute approximate surface area is 152 Å². The molecule has 3 heteroatoms. The van der Waals surface area contributed by atoms with Gasteiger partial charge in [0.2, 0.25) is 0 Å². The van der Waals surface area contributed by atoms with Crippen LogP contribution in [0.3, 0.4) is 0 Å². The van der Waals surface area contributed by atoms with Crippen LogP contribution in [-0.4, -0.2) is 30.9 Å². The molecule has 1 amide bonds. The second-order valence-electron chi connectivity index (χ2n) is 6.44. The molecular formula is C22H30N2O. The number of anilines is 2. The lowest BCUT2D eigenvalue weighted by Gasteiger charge is -2.23. The zero-order valence-corrected chi connectivity index (χ0v) is 15.7. The molecule has 0 aliphatic rings. The lowest BCUT2D eigenvalue weighted by Crippen LogP contribution is -2.32. The molecule has 3 nitrogen and oxygen atoms in total. The van der Waals surface area contributed by atoms with E-state index in [9.17, 15) is 4.79 Å². The Morgan fingerprint density at radius 3 is 1.84 bits per heavy atom. The first-order chi connectivity index (χ1) is 12.2. The van der Waals surface area contributed by atoms with E-state index in [4.69, 9.17) is 0 Å². The second kappa shape index (κ2) is 9.87. The molecule has 0 atom stereocenters. The van der Waals surface area contributed by atoms with Gasteiger partial charge in [-0.3, -0.25) is 4.79 Å². The molecule has 134 valence electrons. The standard InChI is InChI=1S/C22H30N2O/c1-4-6-17-24(18-7-5-2)22(25)19-13-15-21(16-14-19)23(3)20-11-9-8-10-12-20/h8-16H,4-7,17-18H2,1-3H3. The fourth-order valence-electron chi connectivity index (χ4n) is 2.82. The number of carbonyl (C=O) groups is 1. The number of hydrogen-bond donors (Lipinski definition) is 0. The summed E-state index contributed by atoms with van der Waals surface area (Å²) in [7, 11) is 2.04. The average Bonchev–Trinajstić information content (AvgIpc) is 2.68. The molecule has 0 saturated heterocycles. The molecule has 25 heavy (non-hydrogen) atoms. The van der Waals surface area contributed by atoms with E-state index in [1.54, 1.807) is 0 Å². The van der Waals surface area contributed by atoms with E-state index >= 15 is 0 Å². The van der Waals surface area contributed by atoms with Crippen molar-refractivity contribution < 1.29 is 4.79 Å². The smallest absolute Gasteiger partial charge is 0.253 e. The van der Waals surface area contributed by atoms with Gasteiger partial charge in [-0.05, 0) is 49.2 Å². The summed E-state index contributed by atoms with van der Waals surface area (Å²) >= 11 is 0. The van der Waals surface area contributed by atoms with Crippen LogP contribution in [0.1, 0.15) is 49.9 Å². The van der Waals surface area contributed by atoms with Gasteiger partial charge in [0.05, 0.1) is 0 Å². The van der Waals surface area contributed by atoms with Crippen molar-refractivity contribution in [2.24, 2.45) is 0 Å². The summed E-state index contributed by atoms with van der Waals surface area (Å²) in [6.07, 6.45) is 4.34. The van der Waals surface area contributed by atoms with E-state index < -0.39 is 0 Å². The molecule has 2 aromatic carbocycles. The zero-order chi connectivity index (χ0) is 18.1. The Kier molecular flexibility index (Phi) is 7.52. The maximum atomic E-state index is 12.8. The number of rotatable bonds is 9. The normalized spacial score (nSPS) is 10.5. The van der Waals surface area contributed by atoms with Crippen LogP contribution in [0.2, 0.25) is 0 Å². The number of para-hydroxylation sites is 1. The fraction of sp³-hybridized carbons (Fsp3) is 0.409. The van der Waals surface area contributed by atoms with Gasteiger partial charge in [-0.15, -0.1) is 0 Å². The molecule has 0 aromatic heterocycles. The largest absolute Gasteiger partial charge is 0.345 e. The summed E-state index contributed by atoms with van der Waals surface area (Å²) in [5.41, 5.74) is 2.99. The molecule has 2 aromatic rings. The highest BCUT2D eigenvalue weighted by Crippen LogP contribution is 2.23. The molecule has 2 rings (SSSR count). The van der Waals surface area contributed by atoms with Crippen LogP contribution in [0, 0.1) is 0 Å². The Balaban J connectivity index is 2.10. The number of benzene rings is 2. The monoisotopic (exact) mass is 338 g/mol. The van der Waals surface area contributed by atoms with Gasteiger partial charge in [0, 0.05) is 37.1 Å². The third kappa shape index (κ3) is 5.35. The molecule has 0 saturated carbocycles. The highest BCUT2D eigenvalue weighted by atomic mass is 16.2. The third-order valence-electron chi connectivity index (χ3n) is 4.50. The van der Waals surface area contributed by atoms with Gasteiger partial charge in [-0.25, -0.2) is 0 Å². The van der Waals surface area contributed by atoms with Crippen LogP contribution < -0.4 is 4.90 Å². The van der Waals surface area contributed by atoms with Crippen molar-refractivity contribution in [1.82, 2.24) is 4.90 Å². The minimum Gasteiger partial charge on any atom is -0.345 e. The van der Waals surface area contributed by atoms with Gasteiger partial charge in [-0.1, -0.05) is 44.9 Å². The average molecular weight is 338 g/mol. The molecule has 0 unspecified atom stereocenters. The summed E-state index contributed by atoms with van der Waals surface area (Å²) in [6, 6.07) is 18.2. The van der Waals surface area contributed by atoms with Gasteiger partial charge in [0.1, 0.15) is 0 Å². The predicted molar refractivity (Wildman–Crippen MR) is 107 cm³/mol. The van der Waals surface area contributed by atoms with Crippen molar-refractivity contribution in [2.45, 2.75) is 39.5 Å². The Morgan fingerprint density at radius 1 is 0.800 bits per heavy atom. The lowest BCUT2D eigenvalue weighted by molar-refractivity contribution is 0.0751. The van der Waals surface area contributed by atoms with Crippen molar-refractivity contribution in [3.05, 3.63) is 60.2 Å². The first-order valence-electron chi connectivity index (χ1n) is 9.35. The van der Waals surface area contributed by atoms with Crippen molar-refractivity contribution in [2.75, 3.05) is 25.0 Å². The molecule has 0 spiro atoms.